The van der Waals surface area contributed by atoms with E-state index >= 15 is 0 Å². The zero-order valence-corrected chi connectivity index (χ0v) is 24.8. The summed E-state index contributed by atoms with van der Waals surface area (Å²) in [6.45, 7) is 7.33. The summed E-state index contributed by atoms with van der Waals surface area (Å²) in [7, 11) is 2.13. The van der Waals surface area contributed by atoms with E-state index < -0.39 is 0 Å². The third-order valence-corrected chi connectivity index (χ3v) is 9.52. The average Bonchev–Trinajstić information content (AvgIpc) is 3.47. The lowest BCUT2D eigenvalue weighted by Gasteiger charge is -2.45. The maximum absolute atomic E-state index is 13.8. The minimum absolute atomic E-state index is 0.0420. The minimum Gasteiger partial charge on any atom is -0.369 e. The Morgan fingerprint density at radius 3 is 2.67 bits per heavy atom. The van der Waals surface area contributed by atoms with Gasteiger partial charge in [-0.1, -0.05) is 54.9 Å². The van der Waals surface area contributed by atoms with E-state index in [9.17, 15) is 4.79 Å². The van der Waals surface area contributed by atoms with Gasteiger partial charge in [0.25, 0.3) is 5.91 Å². The molecule has 1 unspecified atom stereocenters. The number of carbonyl (C=O) groups excluding carboxylic acids is 1. The Kier molecular flexibility index (Phi) is 7.01. The highest BCUT2D eigenvalue weighted by Gasteiger charge is 2.36. The number of fused-ring (bicyclic) bond motifs is 2. The Morgan fingerprint density at radius 1 is 1.12 bits per heavy atom. The lowest BCUT2D eigenvalue weighted by Crippen LogP contribution is -2.45. The van der Waals surface area contributed by atoms with E-state index in [4.69, 9.17) is 16.6 Å². The third kappa shape index (κ3) is 4.95. The van der Waals surface area contributed by atoms with E-state index in [0.717, 1.165) is 35.3 Å². The van der Waals surface area contributed by atoms with Gasteiger partial charge < -0.3 is 9.88 Å². The maximum atomic E-state index is 13.8. The number of rotatable bonds is 5. The van der Waals surface area contributed by atoms with E-state index in [1.165, 1.54) is 28.3 Å². The largest absolute Gasteiger partial charge is 0.369 e. The van der Waals surface area contributed by atoms with Crippen LogP contribution in [-0.2, 0) is 11.2 Å². The van der Waals surface area contributed by atoms with Gasteiger partial charge in [0, 0.05) is 46.9 Å². The monoisotopic (exact) mass is 568 g/mol. The van der Waals surface area contributed by atoms with Crippen molar-refractivity contribution < 1.29 is 4.79 Å². The van der Waals surface area contributed by atoms with E-state index in [2.05, 4.69) is 62.0 Å². The first-order valence-electron chi connectivity index (χ1n) is 13.7. The highest BCUT2D eigenvalue weighted by Crippen LogP contribution is 2.45. The molecule has 3 heterocycles. The number of aromatic nitrogens is 1. The molecule has 0 aliphatic carbocycles. The fourth-order valence-corrected chi connectivity index (χ4v) is 7.06. The molecule has 1 fully saturated rings. The highest BCUT2D eigenvalue weighted by atomic mass is 35.5. The van der Waals surface area contributed by atoms with Gasteiger partial charge in [-0.3, -0.25) is 9.69 Å². The summed E-state index contributed by atoms with van der Waals surface area (Å²) in [5, 5.41) is 2.52. The summed E-state index contributed by atoms with van der Waals surface area (Å²) >= 11 is 8.26. The highest BCUT2D eigenvalue weighted by molar-refractivity contribution is 8.18. The van der Waals surface area contributed by atoms with Crippen molar-refractivity contribution >= 4 is 62.8 Å². The van der Waals surface area contributed by atoms with Crippen molar-refractivity contribution in [3.8, 4) is 0 Å². The lowest BCUT2D eigenvalue weighted by molar-refractivity contribution is -0.122. The van der Waals surface area contributed by atoms with Crippen molar-refractivity contribution in [1.82, 2.24) is 9.88 Å². The molecule has 7 heteroatoms. The quantitative estimate of drug-likeness (QED) is 0.246. The molecule has 3 aromatic carbocycles. The molecule has 204 valence electrons. The Hall–Kier alpha value is -3.48. The van der Waals surface area contributed by atoms with Crippen molar-refractivity contribution in [2.24, 2.45) is 4.99 Å². The van der Waals surface area contributed by atoms with Crippen LogP contribution in [0.15, 0.2) is 82.8 Å². The van der Waals surface area contributed by atoms with Gasteiger partial charge in [0.2, 0.25) is 0 Å². The fraction of sp³-hybridized carbons (Fsp3) is 0.273. The van der Waals surface area contributed by atoms with Gasteiger partial charge in [-0.15, -0.1) is 0 Å². The second kappa shape index (κ2) is 10.5. The van der Waals surface area contributed by atoms with Gasteiger partial charge in [0.15, 0.2) is 5.17 Å². The number of carbonyl (C=O) groups is 1. The normalized spacial score (nSPS) is 20.6. The van der Waals surface area contributed by atoms with Crippen LogP contribution in [0.25, 0.3) is 17.0 Å². The number of thioether (sulfide) groups is 1. The van der Waals surface area contributed by atoms with Crippen LogP contribution in [0.1, 0.15) is 49.8 Å². The molecule has 4 aromatic rings. The molecule has 40 heavy (non-hydrogen) atoms. The van der Waals surface area contributed by atoms with Crippen molar-refractivity contribution in [2.75, 3.05) is 18.5 Å². The SMILES string of the molecule is CC1CC(C)(C)N(C)c2cc(Cl)c(/C=C3/SC(=Nc4ccccc4)N(CCc4c[nH]c5ccccc45)C3=O)cc21. The molecule has 6 rings (SSSR count). The number of amidine groups is 1. The Labute approximate surface area is 244 Å². The average molecular weight is 569 g/mol. The summed E-state index contributed by atoms with van der Waals surface area (Å²) in [6.07, 6.45) is 5.75. The van der Waals surface area contributed by atoms with Crippen LogP contribution in [0.3, 0.4) is 0 Å². The lowest BCUT2D eigenvalue weighted by atomic mass is 9.80. The maximum Gasteiger partial charge on any atom is 0.266 e. The molecule has 2 aliphatic heterocycles. The molecular weight excluding hydrogens is 536 g/mol. The number of anilines is 1. The summed E-state index contributed by atoms with van der Waals surface area (Å²) < 4.78 is 0. The summed E-state index contributed by atoms with van der Waals surface area (Å²) in [5.41, 5.74) is 6.46. The van der Waals surface area contributed by atoms with E-state index in [-0.39, 0.29) is 11.4 Å². The molecule has 5 nitrogen and oxygen atoms in total. The number of hydrogen-bond acceptors (Lipinski definition) is 4. The zero-order chi connectivity index (χ0) is 28.0. The van der Waals surface area contributed by atoms with Gasteiger partial charge in [0.1, 0.15) is 0 Å². The molecule has 0 radical (unpaired) electrons. The van der Waals surface area contributed by atoms with Gasteiger partial charge in [0.05, 0.1) is 10.6 Å². The third-order valence-electron chi connectivity index (χ3n) is 8.19. The molecular formula is C33H33ClN4OS. The number of para-hydroxylation sites is 2. The number of aromatic amines is 1. The number of nitrogens with zero attached hydrogens (tertiary/aromatic N) is 3. The molecule has 1 atom stereocenters. The number of nitrogens with one attached hydrogen (secondary N) is 1. The van der Waals surface area contributed by atoms with Gasteiger partial charge in [-0.2, -0.15) is 0 Å². The molecule has 0 saturated carbocycles. The van der Waals surface area contributed by atoms with Crippen LogP contribution in [0.4, 0.5) is 11.4 Å². The Bertz CT molecular complexity index is 1660. The Balaban J connectivity index is 1.34. The van der Waals surface area contributed by atoms with Gasteiger partial charge in [-0.25, -0.2) is 4.99 Å². The van der Waals surface area contributed by atoms with Crippen molar-refractivity contribution in [3.63, 3.8) is 0 Å². The number of hydrogen-bond donors (Lipinski definition) is 1. The first-order valence-corrected chi connectivity index (χ1v) is 14.9. The topological polar surface area (TPSA) is 51.7 Å². The second-order valence-corrected chi connectivity index (χ2v) is 12.7. The van der Waals surface area contributed by atoms with Crippen LogP contribution in [0.5, 0.6) is 0 Å². The molecule has 1 amide bonds. The van der Waals surface area contributed by atoms with Gasteiger partial charge >= 0.3 is 0 Å². The summed E-state index contributed by atoms with van der Waals surface area (Å²) in [5.74, 6) is 0.352. The van der Waals surface area contributed by atoms with E-state index in [0.29, 0.717) is 27.6 Å². The van der Waals surface area contributed by atoms with Crippen LogP contribution >= 0.6 is 23.4 Å². The standard InChI is InChI=1S/C33H33ClN4OS/c1-21-19-33(2,3)37(4)29-18-27(34)23(16-26(21)29)17-30-31(39)38(32(40-30)36-24-10-6-5-7-11-24)15-14-22-20-35-28-13-9-8-12-25(22)28/h5-13,16-18,20-21,35H,14-15,19H2,1-4H3/b30-17+,36-32?. The van der Waals surface area contributed by atoms with E-state index in [1.54, 1.807) is 4.90 Å². The summed E-state index contributed by atoms with van der Waals surface area (Å²) in [6, 6.07) is 22.3. The molecule has 1 N–H and O–H groups in total. The van der Waals surface area contributed by atoms with Crippen LogP contribution in [0, 0.1) is 0 Å². The Morgan fingerprint density at radius 2 is 1.88 bits per heavy atom. The minimum atomic E-state index is -0.0420. The second-order valence-electron chi connectivity index (χ2n) is 11.3. The van der Waals surface area contributed by atoms with Crippen LogP contribution in [-0.4, -0.2) is 40.1 Å². The van der Waals surface area contributed by atoms with Crippen molar-refractivity contribution in [2.45, 2.75) is 45.1 Å². The molecule has 0 bridgehead atoms. The van der Waals surface area contributed by atoms with Crippen LogP contribution in [0.2, 0.25) is 5.02 Å². The number of halogens is 1. The van der Waals surface area contributed by atoms with Gasteiger partial charge in [-0.05, 0) is 97.5 Å². The van der Waals surface area contributed by atoms with Crippen molar-refractivity contribution in [3.05, 3.63) is 99.5 Å². The fourth-order valence-electron chi connectivity index (χ4n) is 5.83. The smallest absolute Gasteiger partial charge is 0.266 e. The molecule has 2 aliphatic rings. The number of aliphatic imine (C=N–C) groups is 1. The number of amides is 1. The number of H-pyrrole nitrogens is 1. The first-order chi connectivity index (χ1) is 19.2. The van der Waals surface area contributed by atoms with Crippen LogP contribution < -0.4 is 4.90 Å². The van der Waals surface area contributed by atoms with E-state index in [1.807, 2.05) is 54.7 Å². The predicted octanol–water partition coefficient (Wildman–Crippen LogP) is 8.39. The zero-order valence-electron chi connectivity index (χ0n) is 23.2. The molecule has 0 spiro atoms. The molecule has 1 saturated heterocycles. The first kappa shape index (κ1) is 26.7. The van der Waals surface area contributed by atoms with Crippen molar-refractivity contribution in [1.29, 1.82) is 0 Å². The number of benzene rings is 3. The molecule has 1 aromatic heterocycles. The predicted molar refractivity (Wildman–Crippen MR) is 170 cm³/mol. The summed E-state index contributed by atoms with van der Waals surface area (Å²) in [4.78, 5) is 26.8.